The molecule has 0 bridgehead atoms. The summed E-state index contributed by atoms with van der Waals surface area (Å²) in [6.07, 6.45) is 10.6. The predicted molar refractivity (Wildman–Crippen MR) is 112 cm³/mol. The van der Waals surface area contributed by atoms with Crippen LogP contribution in [0.2, 0.25) is 0 Å². The fourth-order valence-electron chi connectivity index (χ4n) is 5.68. The van der Waals surface area contributed by atoms with E-state index in [2.05, 4.69) is 35.2 Å². The summed E-state index contributed by atoms with van der Waals surface area (Å²) >= 11 is 0. The Morgan fingerprint density at radius 2 is 1.59 bits per heavy atom. The number of anilines is 1. The van der Waals surface area contributed by atoms with Gasteiger partial charge in [0.15, 0.2) is 0 Å². The monoisotopic (exact) mass is 361 g/mol. The molecular formula is C25H31NO. The van der Waals surface area contributed by atoms with Gasteiger partial charge in [0.25, 0.3) is 0 Å². The second-order valence-electron chi connectivity index (χ2n) is 8.89. The Kier molecular flexibility index (Phi) is 4.59. The molecule has 0 spiro atoms. The summed E-state index contributed by atoms with van der Waals surface area (Å²) in [4.78, 5) is 2.55. The average molecular weight is 362 g/mol. The van der Waals surface area contributed by atoms with Crippen LogP contribution in [0.15, 0.2) is 42.5 Å². The number of hydrogen-bond acceptors (Lipinski definition) is 2. The molecule has 2 aromatic carbocycles. The van der Waals surface area contributed by atoms with Crippen molar-refractivity contribution in [3.63, 3.8) is 0 Å². The first-order valence-corrected chi connectivity index (χ1v) is 11.0. The molecule has 142 valence electrons. The van der Waals surface area contributed by atoms with Crippen LogP contribution in [0.25, 0.3) is 0 Å². The van der Waals surface area contributed by atoms with Crippen LogP contribution in [0.5, 0.6) is 5.75 Å². The number of piperidine rings is 1. The molecule has 2 nitrogen and oxygen atoms in total. The number of hydrogen-bond donors (Lipinski definition) is 1. The van der Waals surface area contributed by atoms with E-state index in [9.17, 15) is 5.11 Å². The summed E-state index contributed by atoms with van der Waals surface area (Å²) < 4.78 is 0. The Labute approximate surface area is 163 Å². The smallest absolute Gasteiger partial charge is 0.115 e. The summed E-state index contributed by atoms with van der Waals surface area (Å²) in [6, 6.07) is 15.6. The highest BCUT2D eigenvalue weighted by atomic mass is 16.3. The highest BCUT2D eigenvalue weighted by Crippen LogP contribution is 2.50. The van der Waals surface area contributed by atoms with Gasteiger partial charge in [-0.2, -0.15) is 0 Å². The molecule has 0 aromatic heterocycles. The Morgan fingerprint density at radius 1 is 0.815 bits per heavy atom. The standard InChI is InChI=1S/C25H31NO/c27-22-12-14-24-20(17-22)9-13-23(18-5-4-6-18)25(24)19-7-10-21(11-8-19)26-15-2-1-3-16-26/h7-8,10-12,14,17-18,23,25,27H,1-6,9,13,15-16H2/t23-,25+/m0/s1. The van der Waals surface area contributed by atoms with Gasteiger partial charge in [-0.05, 0) is 84.9 Å². The van der Waals surface area contributed by atoms with Gasteiger partial charge in [-0.1, -0.05) is 37.5 Å². The number of rotatable bonds is 3. The number of aryl methyl sites for hydroxylation is 1. The maximum atomic E-state index is 9.95. The summed E-state index contributed by atoms with van der Waals surface area (Å²) in [6.45, 7) is 2.41. The second kappa shape index (κ2) is 7.22. The maximum absolute atomic E-state index is 9.95. The first kappa shape index (κ1) is 17.2. The largest absolute Gasteiger partial charge is 0.508 e. The quantitative estimate of drug-likeness (QED) is 0.738. The Balaban J connectivity index is 1.48. The maximum Gasteiger partial charge on any atom is 0.115 e. The molecule has 1 N–H and O–H groups in total. The molecule has 0 amide bonds. The van der Waals surface area contributed by atoms with E-state index in [1.807, 2.05) is 12.1 Å². The van der Waals surface area contributed by atoms with Gasteiger partial charge in [-0.3, -0.25) is 0 Å². The van der Waals surface area contributed by atoms with Crippen molar-refractivity contribution in [2.75, 3.05) is 18.0 Å². The van der Waals surface area contributed by atoms with Gasteiger partial charge in [0, 0.05) is 24.7 Å². The Bertz CT molecular complexity index is 786. The van der Waals surface area contributed by atoms with Crippen LogP contribution >= 0.6 is 0 Å². The van der Waals surface area contributed by atoms with E-state index in [1.165, 1.54) is 80.4 Å². The number of phenols is 1. The number of nitrogens with zero attached hydrogens (tertiary/aromatic N) is 1. The summed E-state index contributed by atoms with van der Waals surface area (Å²) in [5.74, 6) is 2.56. The Hall–Kier alpha value is -1.96. The lowest BCUT2D eigenvalue weighted by Gasteiger charge is -2.43. The van der Waals surface area contributed by atoms with E-state index in [1.54, 1.807) is 0 Å². The zero-order chi connectivity index (χ0) is 18.2. The lowest BCUT2D eigenvalue weighted by Crippen LogP contribution is -2.32. The average Bonchev–Trinajstić information content (AvgIpc) is 2.67. The minimum atomic E-state index is 0.412. The molecule has 1 saturated heterocycles. The van der Waals surface area contributed by atoms with Crippen molar-refractivity contribution < 1.29 is 5.11 Å². The van der Waals surface area contributed by atoms with E-state index < -0.39 is 0 Å². The number of benzene rings is 2. The number of aromatic hydroxyl groups is 1. The van der Waals surface area contributed by atoms with Gasteiger partial charge in [0.2, 0.25) is 0 Å². The third kappa shape index (κ3) is 3.24. The van der Waals surface area contributed by atoms with Gasteiger partial charge in [-0.15, -0.1) is 0 Å². The highest BCUT2D eigenvalue weighted by molar-refractivity contribution is 5.51. The van der Waals surface area contributed by atoms with Gasteiger partial charge < -0.3 is 10.0 Å². The van der Waals surface area contributed by atoms with Crippen molar-refractivity contribution in [3.05, 3.63) is 59.2 Å². The van der Waals surface area contributed by atoms with Crippen LogP contribution in [-0.4, -0.2) is 18.2 Å². The molecule has 3 aliphatic rings. The third-order valence-corrected chi connectivity index (χ3v) is 7.37. The first-order chi connectivity index (χ1) is 13.3. The normalized spacial score (nSPS) is 25.7. The molecule has 1 saturated carbocycles. The minimum absolute atomic E-state index is 0.412. The van der Waals surface area contributed by atoms with Crippen molar-refractivity contribution in [2.24, 2.45) is 11.8 Å². The van der Waals surface area contributed by atoms with Crippen molar-refractivity contribution in [1.82, 2.24) is 0 Å². The van der Waals surface area contributed by atoms with Crippen LogP contribution < -0.4 is 4.90 Å². The lowest BCUT2D eigenvalue weighted by molar-refractivity contribution is 0.171. The molecule has 0 radical (unpaired) electrons. The van der Waals surface area contributed by atoms with Gasteiger partial charge >= 0.3 is 0 Å². The van der Waals surface area contributed by atoms with Crippen molar-refractivity contribution in [3.8, 4) is 5.75 Å². The lowest BCUT2D eigenvalue weighted by atomic mass is 9.62. The van der Waals surface area contributed by atoms with Crippen molar-refractivity contribution >= 4 is 5.69 Å². The van der Waals surface area contributed by atoms with Gasteiger partial charge in [0.1, 0.15) is 5.75 Å². The molecule has 27 heavy (non-hydrogen) atoms. The number of fused-ring (bicyclic) bond motifs is 1. The molecule has 2 fully saturated rings. The van der Waals surface area contributed by atoms with E-state index >= 15 is 0 Å². The van der Waals surface area contributed by atoms with E-state index in [0.717, 1.165) is 18.3 Å². The molecule has 2 atom stereocenters. The fraction of sp³-hybridized carbons (Fsp3) is 0.520. The fourth-order valence-corrected chi connectivity index (χ4v) is 5.68. The highest BCUT2D eigenvalue weighted by Gasteiger charge is 2.38. The topological polar surface area (TPSA) is 23.5 Å². The molecular weight excluding hydrogens is 330 g/mol. The zero-order valence-corrected chi connectivity index (χ0v) is 16.2. The van der Waals surface area contributed by atoms with Crippen LogP contribution in [0.3, 0.4) is 0 Å². The van der Waals surface area contributed by atoms with E-state index in [0.29, 0.717) is 11.7 Å². The summed E-state index contributed by atoms with van der Waals surface area (Å²) in [5, 5.41) is 9.95. The minimum Gasteiger partial charge on any atom is -0.508 e. The molecule has 1 heterocycles. The SMILES string of the molecule is Oc1ccc2c(c1)CC[C@@H](C1CCC1)[C@H]2c1ccc(N2CCCCC2)cc1. The van der Waals surface area contributed by atoms with Gasteiger partial charge in [-0.25, -0.2) is 0 Å². The van der Waals surface area contributed by atoms with Crippen molar-refractivity contribution in [1.29, 1.82) is 0 Å². The predicted octanol–water partition coefficient (Wildman–Crippen LogP) is 5.88. The Morgan fingerprint density at radius 3 is 2.30 bits per heavy atom. The summed E-state index contributed by atoms with van der Waals surface area (Å²) in [5.41, 5.74) is 5.68. The van der Waals surface area contributed by atoms with Crippen LogP contribution in [0, 0.1) is 11.8 Å². The molecule has 5 rings (SSSR count). The second-order valence-corrected chi connectivity index (χ2v) is 8.89. The molecule has 0 unspecified atom stereocenters. The van der Waals surface area contributed by atoms with E-state index in [4.69, 9.17) is 0 Å². The van der Waals surface area contributed by atoms with Crippen molar-refractivity contribution in [2.45, 2.75) is 57.3 Å². The van der Waals surface area contributed by atoms with Crippen LogP contribution in [0.1, 0.15) is 67.6 Å². The first-order valence-electron chi connectivity index (χ1n) is 11.0. The molecule has 2 heteroatoms. The molecule has 2 aliphatic carbocycles. The molecule has 1 aliphatic heterocycles. The summed E-state index contributed by atoms with van der Waals surface area (Å²) in [7, 11) is 0. The van der Waals surface area contributed by atoms with Crippen LogP contribution in [0.4, 0.5) is 5.69 Å². The third-order valence-electron chi connectivity index (χ3n) is 7.37. The van der Waals surface area contributed by atoms with E-state index in [-0.39, 0.29) is 0 Å². The number of phenolic OH excluding ortho intramolecular Hbond substituents is 1. The molecule has 2 aromatic rings. The van der Waals surface area contributed by atoms with Crippen LogP contribution in [-0.2, 0) is 6.42 Å². The zero-order valence-electron chi connectivity index (χ0n) is 16.2. The van der Waals surface area contributed by atoms with Gasteiger partial charge in [0.05, 0.1) is 0 Å².